The molecule has 0 aliphatic heterocycles. The van der Waals surface area contributed by atoms with E-state index in [1.54, 1.807) is 6.20 Å². The minimum Gasteiger partial charge on any atom is -0.351 e. The Morgan fingerprint density at radius 1 is 1.33 bits per heavy atom. The number of hydrogen-bond acceptors (Lipinski definition) is 2. The Kier molecular flexibility index (Phi) is 3.60. The Morgan fingerprint density at radius 3 is 2.78 bits per heavy atom. The Hall–Kier alpha value is -1.91. The number of halogens is 2. The van der Waals surface area contributed by atoms with Gasteiger partial charge >= 0.3 is 0 Å². The summed E-state index contributed by atoms with van der Waals surface area (Å²) in [5.41, 5.74) is 0.412. The lowest BCUT2D eigenvalue weighted by Gasteiger charge is -2.13. The van der Waals surface area contributed by atoms with Crippen LogP contribution >= 0.6 is 0 Å². The second-order valence-corrected chi connectivity index (χ2v) is 4.34. The van der Waals surface area contributed by atoms with E-state index in [0.29, 0.717) is 11.5 Å². The van der Waals surface area contributed by atoms with E-state index >= 15 is 0 Å². The van der Waals surface area contributed by atoms with E-state index in [0.717, 1.165) is 6.07 Å². The summed E-state index contributed by atoms with van der Waals surface area (Å²) in [4.78, 5) is 4.16. The van der Waals surface area contributed by atoms with Crippen molar-refractivity contribution in [2.24, 2.45) is 0 Å². The average Bonchev–Trinajstić information content (AvgIpc) is 2.76. The van der Waals surface area contributed by atoms with E-state index in [2.05, 4.69) is 10.3 Å². The van der Waals surface area contributed by atoms with Crippen LogP contribution in [-0.4, -0.2) is 9.55 Å². The zero-order chi connectivity index (χ0) is 13.1. The molecule has 2 rings (SSSR count). The predicted molar refractivity (Wildman–Crippen MR) is 66.3 cm³/mol. The number of nitrogens with zero attached hydrogens (tertiary/aromatic N) is 2. The lowest BCUT2D eigenvalue weighted by Crippen LogP contribution is -2.09. The van der Waals surface area contributed by atoms with Crippen LogP contribution in [0.2, 0.25) is 0 Å². The summed E-state index contributed by atoms with van der Waals surface area (Å²) in [5, 5.41) is 3.04. The van der Waals surface area contributed by atoms with Crippen LogP contribution in [0.15, 0.2) is 30.6 Å². The summed E-state index contributed by atoms with van der Waals surface area (Å²) < 4.78 is 28.1. The molecule has 1 aromatic heterocycles. The van der Waals surface area contributed by atoms with Crippen molar-refractivity contribution < 1.29 is 8.78 Å². The first-order valence-electron chi connectivity index (χ1n) is 5.78. The van der Waals surface area contributed by atoms with Gasteiger partial charge in [0.2, 0.25) is 5.95 Å². The largest absolute Gasteiger partial charge is 0.351 e. The molecule has 0 aliphatic rings. The number of hydrogen-bond donors (Lipinski definition) is 1. The van der Waals surface area contributed by atoms with Gasteiger partial charge < -0.3 is 9.88 Å². The van der Waals surface area contributed by atoms with Crippen LogP contribution in [0, 0.1) is 11.6 Å². The van der Waals surface area contributed by atoms with Gasteiger partial charge in [0.1, 0.15) is 11.6 Å². The van der Waals surface area contributed by atoms with Crippen LogP contribution in [0.4, 0.5) is 14.7 Å². The summed E-state index contributed by atoms with van der Waals surface area (Å²) in [6.07, 6.45) is 3.54. The molecule has 0 unspecified atom stereocenters. The second kappa shape index (κ2) is 5.16. The van der Waals surface area contributed by atoms with Gasteiger partial charge in [-0.05, 0) is 19.9 Å². The maximum absolute atomic E-state index is 13.4. The van der Waals surface area contributed by atoms with Crippen molar-refractivity contribution in [1.29, 1.82) is 0 Å². The molecule has 0 saturated heterocycles. The summed E-state index contributed by atoms with van der Waals surface area (Å²) >= 11 is 0. The van der Waals surface area contributed by atoms with Crippen LogP contribution in [0.3, 0.4) is 0 Å². The Morgan fingerprint density at radius 2 is 2.11 bits per heavy atom. The minimum absolute atomic E-state index is 0.271. The number of nitrogens with one attached hydrogen (secondary N) is 1. The molecule has 0 amide bonds. The maximum atomic E-state index is 13.4. The second-order valence-electron chi connectivity index (χ2n) is 4.34. The lowest BCUT2D eigenvalue weighted by atomic mass is 10.2. The van der Waals surface area contributed by atoms with Crippen LogP contribution in [0.1, 0.15) is 25.5 Å². The first-order valence-corrected chi connectivity index (χ1v) is 5.78. The standard InChI is InChI=1S/C13H15F2N3/c1-9(2)18-6-5-16-13(18)17-8-10-3-4-11(14)7-12(10)15/h3-7,9H,8H2,1-2H3,(H,16,17). The molecule has 0 aliphatic carbocycles. The molecule has 1 N–H and O–H groups in total. The van der Waals surface area contributed by atoms with Crippen molar-refractivity contribution in [2.45, 2.75) is 26.4 Å². The van der Waals surface area contributed by atoms with Gasteiger partial charge in [-0.25, -0.2) is 13.8 Å². The lowest BCUT2D eigenvalue weighted by molar-refractivity contribution is 0.572. The highest BCUT2D eigenvalue weighted by Crippen LogP contribution is 2.15. The molecule has 96 valence electrons. The number of anilines is 1. The van der Waals surface area contributed by atoms with Gasteiger partial charge in [-0.2, -0.15) is 0 Å². The Labute approximate surface area is 104 Å². The zero-order valence-electron chi connectivity index (χ0n) is 10.3. The molecule has 18 heavy (non-hydrogen) atoms. The average molecular weight is 251 g/mol. The van der Waals surface area contributed by atoms with Gasteiger partial charge in [-0.1, -0.05) is 6.07 Å². The van der Waals surface area contributed by atoms with E-state index < -0.39 is 11.6 Å². The van der Waals surface area contributed by atoms with Crippen LogP contribution in [0.5, 0.6) is 0 Å². The molecule has 1 heterocycles. The topological polar surface area (TPSA) is 29.9 Å². The molecule has 0 spiro atoms. The Balaban J connectivity index is 2.09. The van der Waals surface area contributed by atoms with Gasteiger partial charge in [0, 0.05) is 36.6 Å². The van der Waals surface area contributed by atoms with E-state index in [-0.39, 0.29) is 12.6 Å². The molecule has 0 atom stereocenters. The number of imidazole rings is 1. The maximum Gasteiger partial charge on any atom is 0.203 e. The fraction of sp³-hybridized carbons (Fsp3) is 0.308. The van der Waals surface area contributed by atoms with Crippen LogP contribution in [-0.2, 0) is 6.54 Å². The van der Waals surface area contributed by atoms with Crippen LogP contribution < -0.4 is 5.32 Å². The van der Waals surface area contributed by atoms with Crippen molar-refractivity contribution in [3.05, 3.63) is 47.8 Å². The first kappa shape index (κ1) is 12.5. The molecule has 0 saturated carbocycles. The van der Waals surface area contributed by atoms with E-state index in [4.69, 9.17) is 0 Å². The van der Waals surface area contributed by atoms with Crippen molar-refractivity contribution >= 4 is 5.95 Å². The van der Waals surface area contributed by atoms with Gasteiger partial charge in [0.25, 0.3) is 0 Å². The molecule has 0 fully saturated rings. The summed E-state index contributed by atoms with van der Waals surface area (Å²) in [5.74, 6) is -0.446. The number of rotatable bonds is 4. The monoisotopic (exact) mass is 251 g/mol. The van der Waals surface area contributed by atoms with Crippen LogP contribution in [0.25, 0.3) is 0 Å². The first-order chi connectivity index (χ1) is 8.58. The fourth-order valence-corrected chi connectivity index (χ4v) is 1.71. The minimum atomic E-state index is -0.570. The fourth-order valence-electron chi connectivity index (χ4n) is 1.71. The third-order valence-electron chi connectivity index (χ3n) is 2.68. The van der Waals surface area contributed by atoms with E-state index in [9.17, 15) is 8.78 Å². The SMILES string of the molecule is CC(C)n1ccnc1NCc1ccc(F)cc1F. The molecule has 3 nitrogen and oxygen atoms in total. The Bertz CT molecular complexity index is 535. The number of benzene rings is 1. The quantitative estimate of drug-likeness (QED) is 0.903. The summed E-state index contributed by atoms with van der Waals surface area (Å²) in [6.45, 7) is 4.34. The molecule has 1 aromatic carbocycles. The number of aromatic nitrogens is 2. The van der Waals surface area contributed by atoms with Crippen molar-refractivity contribution in [1.82, 2.24) is 9.55 Å². The summed E-state index contributed by atoms with van der Waals surface area (Å²) in [7, 11) is 0. The van der Waals surface area contributed by atoms with Crippen molar-refractivity contribution in [2.75, 3.05) is 5.32 Å². The summed E-state index contributed by atoms with van der Waals surface area (Å²) in [6, 6.07) is 3.83. The molecule has 2 aromatic rings. The normalized spacial score (nSPS) is 10.9. The predicted octanol–water partition coefficient (Wildman–Crippen LogP) is 3.35. The van der Waals surface area contributed by atoms with Crippen molar-refractivity contribution in [3.8, 4) is 0 Å². The molecule has 0 bridgehead atoms. The molecule has 0 radical (unpaired) electrons. The van der Waals surface area contributed by atoms with E-state index in [1.165, 1.54) is 12.1 Å². The third-order valence-corrected chi connectivity index (χ3v) is 2.68. The smallest absolute Gasteiger partial charge is 0.203 e. The van der Waals surface area contributed by atoms with Gasteiger partial charge in [-0.3, -0.25) is 0 Å². The van der Waals surface area contributed by atoms with Gasteiger partial charge in [-0.15, -0.1) is 0 Å². The highest BCUT2D eigenvalue weighted by Gasteiger charge is 2.07. The zero-order valence-corrected chi connectivity index (χ0v) is 10.3. The highest BCUT2D eigenvalue weighted by molar-refractivity contribution is 5.30. The molecular weight excluding hydrogens is 236 g/mol. The van der Waals surface area contributed by atoms with Crippen molar-refractivity contribution in [3.63, 3.8) is 0 Å². The van der Waals surface area contributed by atoms with E-state index in [1.807, 2.05) is 24.6 Å². The highest BCUT2D eigenvalue weighted by atomic mass is 19.1. The third kappa shape index (κ3) is 2.67. The molecule has 5 heteroatoms. The van der Waals surface area contributed by atoms with Gasteiger partial charge in [0.05, 0.1) is 0 Å². The van der Waals surface area contributed by atoms with Gasteiger partial charge in [0.15, 0.2) is 0 Å². The molecular formula is C13H15F2N3.